The maximum Gasteiger partial charge on any atom is 0.343 e. The Kier molecular flexibility index (Phi) is 10.8. The Morgan fingerprint density at radius 1 is 0.944 bits per heavy atom. The zero-order valence-electron chi connectivity index (χ0n) is 20.6. The fourth-order valence-corrected chi connectivity index (χ4v) is 4.90. The van der Waals surface area contributed by atoms with Crippen LogP contribution in [0.1, 0.15) is 41.3 Å². The molecule has 3 aromatic carbocycles. The minimum absolute atomic E-state index is 0. The summed E-state index contributed by atoms with van der Waals surface area (Å²) >= 11 is 0. The van der Waals surface area contributed by atoms with Gasteiger partial charge in [0, 0.05) is 51.7 Å². The third kappa shape index (κ3) is 7.35. The van der Waals surface area contributed by atoms with E-state index in [1.165, 1.54) is 0 Å². The molecule has 0 bridgehead atoms. The van der Waals surface area contributed by atoms with Crippen molar-refractivity contribution in [1.82, 2.24) is 0 Å². The van der Waals surface area contributed by atoms with Crippen LogP contribution in [0, 0.1) is 18.9 Å². The molecule has 1 unspecified atom stereocenters. The van der Waals surface area contributed by atoms with E-state index in [2.05, 4.69) is 7.11 Å². The quantitative estimate of drug-likeness (QED) is 0.177. The third-order valence-electron chi connectivity index (χ3n) is 6.60. The Bertz CT molecular complexity index is 1150. The normalized spacial score (nSPS) is 18.9. The van der Waals surface area contributed by atoms with Crippen molar-refractivity contribution in [3.8, 4) is 11.5 Å². The van der Waals surface area contributed by atoms with Crippen LogP contribution in [0.25, 0.3) is 0 Å². The standard InChI is InChI=1S/C30H31O5.Y/c1-3-34-29-20-28(31)27(19-22-10-8-13-24(18-22)33-2)26(29)16-15-21-9-7-14-25(17-21)35-30(32)23-11-5-4-6-12-23;/h4-14,17-18,26-27,29H,2-3,15-16,19-20H2,1H3;/q-1;/t26-,27-,29?;/m1./s1. The fourth-order valence-electron chi connectivity index (χ4n) is 4.90. The van der Waals surface area contributed by atoms with Crippen LogP contribution in [-0.4, -0.2) is 24.5 Å². The van der Waals surface area contributed by atoms with Gasteiger partial charge in [-0.25, -0.2) is 4.79 Å². The molecule has 0 saturated heterocycles. The zero-order chi connectivity index (χ0) is 24.6. The molecule has 0 aliphatic heterocycles. The van der Waals surface area contributed by atoms with Crippen molar-refractivity contribution in [2.75, 3.05) is 6.61 Å². The first kappa shape index (κ1) is 28.2. The van der Waals surface area contributed by atoms with Crippen LogP contribution in [0.3, 0.4) is 0 Å². The van der Waals surface area contributed by atoms with E-state index in [1.54, 1.807) is 18.2 Å². The number of ether oxygens (including phenoxy) is 3. The maximum absolute atomic E-state index is 13.0. The van der Waals surface area contributed by atoms with Gasteiger partial charge in [-0.1, -0.05) is 42.5 Å². The van der Waals surface area contributed by atoms with Gasteiger partial charge in [0.2, 0.25) is 0 Å². The van der Waals surface area contributed by atoms with Crippen LogP contribution in [0.15, 0.2) is 78.9 Å². The molecule has 0 aromatic heterocycles. The van der Waals surface area contributed by atoms with E-state index in [1.807, 2.05) is 67.6 Å². The number of ketones is 1. The number of carbonyl (C=O) groups is 2. The summed E-state index contributed by atoms with van der Waals surface area (Å²) in [6.45, 7) is 2.55. The molecular formula is C30H31O5Y-. The molecule has 1 radical (unpaired) electrons. The van der Waals surface area contributed by atoms with E-state index in [-0.39, 0.29) is 62.4 Å². The van der Waals surface area contributed by atoms with Gasteiger partial charge in [0.1, 0.15) is 11.5 Å². The van der Waals surface area contributed by atoms with Gasteiger partial charge in [0.05, 0.1) is 17.4 Å². The minimum atomic E-state index is -0.380. The SMILES string of the molecule is [CH2-]Oc1cccc(C[C@H]2C(=O)CC(OCC)[C@@H]2CCc2cccc(OC(=O)c3ccccc3)c2)c1.[Y]. The van der Waals surface area contributed by atoms with Gasteiger partial charge in [-0.2, -0.15) is 7.11 Å². The molecule has 0 N–H and O–H groups in total. The van der Waals surface area contributed by atoms with Crippen LogP contribution in [-0.2, 0) is 55.1 Å². The average Bonchev–Trinajstić information content (AvgIpc) is 3.17. The maximum atomic E-state index is 13.0. The van der Waals surface area contributed by atoms with Gasteiger partial charge in [-0.05, 0) is 79.6 Å². The predicted molar refractivity (Wildman–Crippen MR) is 134 cm³/mol. The van der Waals surface area contributed by atoms with Crippen LogP contribution < -0.4 is 9.47 Å². The first-order valence-corrected chi connectivity index (χ1v) is 12.1. The second-order valence-electron chi connectivity index (χ2n) is 8.87. The first-order chi connectivity index (χ1) is 17.1. The molecule has 3 aromatic rings. The van der Waals surface area contributed by atoms with E-state index < -0.39 is 0 Å². The Morgan fingerprint density at radius 3 is 2.36 bits per heavy atom. The Hall–Kier alpha value is -2.34. The van der Waals surface area contributed by atoms with Gasteiger partial charge >= 0.3 is 5.97 Å². The largest absolute Gasteiger partial charge is 0.665 e. The molecule has 0 spiro atoms. The smallest absolute Gasteiger partial charge is 0.343 e. The molecule has 5 nitrogen and oxygen atoms in total. The first-order valence-electron chi connectivity index (χ1n) is 12.1. The molecule has 185 valence electrons. The number of benzene rings is 3. The summed E-state index contributed by atoms with van der Waals surface area (Å²) < 4.78 is 16.7. The molecular weight excluding hydrogens is 529 g/mol. The molecule has 1 saturated carbocycles. The van der Waals surface area contributed by atoms with Crippen molar-refractivity contribution in [2.24, 2.45) is 11.8 Å². The van der Waals surface area contributed by atoms with E-state index in [9.17, 15) is 9.59 Å². The van der Waals surface area contributed by atoms with E-state index in [4.69, 9.17) is 14.2 Å². The number of hydrogen-bond donors (Lipinski definition) is 0. The molecule has 0 heterocycles. The summed E-state index contributed by atoms with van der Waals surface area (Å²) in [7, 11) is 3.48. The van der Waals surface area contributed by atoms with Crippen LogP contribution in [0.5, 0.6) is 11.5 Å². The van der Waals surface area contributed by atoms with Crippen LogP contribution in [0.2, 0.25) is 0 Å². The number of carbonyl (C=O) groups excluding carboxylic acids is 2. The molecule has 1 fully saturated rings. The van der Waals surface area contributed by atoms with Gasteiger partial charge in [0.25, 0.3) is 0 Å². The van der Waals surface area contributed by atoms with Gasteiger partial charge in [-0.15, -0.1) is 0 Å². The third-order valence-corrected chi connectivity index (χ3v) is 6.60. The Labute approximate surface area is 238 Å². The number of rotatable bonds is 10. The number of Topliss-reactive ketones (excluding diaryl/α,β-unsaturated/α-hetero) is 1. The minimum Gasteiger partial charge on any atom is -0.665 e. The number of hydrogen-bond acceptors (Lipinski definition) is 5. The molecule has 6 heteroatoms. The molecule has 0 amide bonds. The van der Waals surface area contributed by atoms with E-state index in [0.29, 0.717) is 36.5 Å². The Morgan fingerprint density at radius 2 is 1.64 bits per heavy atom. The fraction of sp³-hybridized carbons (Fsp3) is 0.300. The molecule has 4 rings (SSSR count). The van der Waals surface area contributed by atoms with Crippen molar-refractivity contribution < 1.29 is 56.5 Å². The molecule has 1 aliphatic rings. The van der Waals surface area contributed by atoms with Gasteiger partial charge in [0.15, 0.2) is 0 Å². The Balaban J connectivity index is 0.00000361. The second kappa shape index (κ2) is 13.8. The number of esters is 1. The summed E-state index contributed by atoms with van der Waals surface area (Å²) in [5, 5.41) is 0. The van der Waals surface area contributed by atoms with Crippen LogP contribution in [0.4, 0.5) is 0 Å². The molecule has 36 heavy (non-hydrogen) atoms. The van der Waals surface area contributed by atoms with Gasteiger partial charge in [-0.3, -0.25) is 4.79 Å². The van der Waals surface area contributed by atoms with E-state index in [0.717, 1.165) is 24.0 Å². The molecule has 1 aliphatic carbocycles. The second-order valence-corrected chi connectivity index (χ2v) is 8.87. The van der Waals surface area contributed by atoms with Crippen molar-refractivity contribution >= 4 is 11.8 Å². The van der Waals surface area contributed by atoms with Crippen molar-refractivity contribution in [3.05, 3.63) is 103 Å². The van der Waals surface area contributed by atoms with Crippen LogP contribution >= 0.6 is 0 Å². The average molecular weight is 560 g/mol. The summed E-state index contributed by atoms with van der Waals surface area (Å²) in [5.41, 5.74) is 2.63. The topological polar surface area (TPSA) is 61.8 Å². The van der Waals surface area contributed by atoms with Crippen molar-refractivity contribution in [1.29, 1.82) is 0 Å². The monoisotopic (exact) mass is 560 g/mol. The summed E-state index contributed by atoms with van der Waals surface area (Å²) in [6.07, 6.45) is 2.59. The van der Waals surface area contributed by atoms with Gasteiger partial charge < -0.3 is 14.2 Å². The summed E-state index contributed by atoms with van der Waals surface area (Å²) in [4.78, 5) is 25.4. The zero-order valence-corrected chi connectivity index (χ0v) is 23.4. The van der Waals surface area contributed by atoms with Crippen molar-refractivity contribution in [3.63, 3.8) is 0 Å². The van der Waals surface area contributed by atoms with E-state index >= 15 is 0 Å². The summed E-state index contributed by atoms with van der Waals surface area (Å²) in [5.74, 6) is 1.08. The predicted octanol–water partition coefficient (Wildman–Crippen LogP) is 5.86. The molecule has 3 atom stereocenters. The number of aryl methyl sites for hydroxylation is 1. The summed E-state index contributed by atoms with van der Waals surface area (Å²) in [6, 6.07) is 24.3. The van der Waals surface area contributed by atoms with Crippen molar-refractivity contribution in [2.45, 2.75) is 38.7 Å².